The first-order chi connectivity index (χ1) is 13.8. The number of hydrogen-bond acceptors (Lipinski definition) is 5. The zero-order chi connectivity index (χ0) is 21.0. The van der Waals surface area contributed by atoms with Gasteiger partial charge in [-0.3, -0.25) is 4.79 Å². The second-order valence-corrected chi connectivity index (χ2v) is 9.22. The number of para-hydroxylation sites is 1. The van der Waals surface area contributed by atoms with Crippen LogP contribution in [0.1, 0.15) is 38.7 Å². The van der Waals surface area contributed by atoms with E-state index < -0.39 is 10.1 Å². The fourth-order valence-electron chi connectivity index (χ4n) is 3.08. The van der Waals surface area contributed by atoms with E-state index in [1.54, 1.807) is 30.3 Å². The molecule has 0 atom stereocenters. The van der Waals surface area contributed by atoms with Crippen LogP contribution in [0.25, 0.3) is 0 Å². The molecule has 1 fully saturated rings. The van der Waals surface area contributed by atoms with Gasteiger partial charge in [0.2, 0.25) is 5.91 Å². The Bertz CT molecular complexity index is 949. The van der Waals surface area contributed by atoms with Crippen molar-refractivity contribution in [2.24, 2.45) is 5.92 Å². The van der Waals surface area contributed by atoms with Crippen LogP contribution >= 0.6 is 0 Å². The molecule has 0 spiro atoms. The van der Waals surface area contributed by atoms with Crippen LogP contribution in [0, 0.1) is 5.92 Å². The molecule has 0 radical (unpaired) electrons. The number of ether oxygens (including phenoxy) is 1. The van der Waals surface area contributed by atoms with Crippen molar-refractivity contribution in [1.82, 2.24) is 4.90 Å². The van der Waals surface area contributed by atoms with E-state index in [1.807, 2.05) is 24.8 Å². The van der Waals surface area contributed by atoms with Crippen LogP contribution in [0.4, 0.5) is 0 Å². The molecule has 6 nitrogen and oxygen atoms in total. The first-order valence-electron chi connectivity index (χ1n) is 9.76. The standard InChI is InChI=1S/C22H27NO5S/c1-16(2)14-22(24)23(18-8-9-18)15-17-6-4-5-7-21(17)28-29(25,26)20-12-10-19(27-3)11-13-20/h4-7,10-13,16,18H,8-9,14-15H2,1-3H3. The van der Waals surface area contributed by atoms with Crippen LogP contribution in [0.15, 0.2) is 53.4 Å². The minimum atomic E-state index is -4.00. The zero-order valence-electron chi connectivity index (χ0n) is 17.0. The molecule has 0 aromatic heterocycles. The number of carbonyl (C=O) groups excluding carboxylic acids is 1. The van der Waals surface area contributed by atoms with Gasteiger partial charge in [0.15, 0.2) is 0 Å². The topological polar surface area (TPSA) is 72.9 Å². The lowest BCUT2D eigenvalue weighted by Gasteiger charge is -2.24. The van der Waals surface area contributed by atoms with Crippen molar-refractivity contribution in [2.75, 3.05) is 7.11 Å². The molecule has 7 heteroatoms. The summed E-state index contributed by atoms with van der Waals surface area (Å²) in [5.41, 5.74) is 0.675. The van der Waals surface area contributed by atoms with E-state index >= 15 is 0 Å². The average molecular weight is 418 g/mol. The van der Waals surface area contributed by atoms with Gasteiger partial charge >= 0.3 is 10.1 Å². The highest BCUT2D eigenvalue weighted by molar-refractivity contribution is 7.87. The molecule has 29 heavy (non-hydrogen) atoms. The van der Waals surface area contributed by atoms with Crippen molar-refractivity contribution in [1.29, 1.82) is 0 Å². The zero-order valence-corrected chi connectivity index (χ0v) is 17.8. The van der Waals surface area contributed by atoms with Crippen LogP contribution in [0.2, 0.25) is 0 Å². The Hall–Kier alpha value is -2.54. The van der Waals surface area contributed by atoms with Gasteiger partial charge in [-0.15, -0.1) is 0 Å². The third-order valence-corrected chi connectivity index (χ3v) is 6.00. The number of carbonyl (C=O) groups is 1. The number of benzene rings is 2. The van der Waals surface area contributed by atoms with Crippen LogP contribution in [-0.4, -0.2) is 32.4 Å². The summed E-state index contributed by atoms with van der Waals surface area (Å²) in [5.74, 6) is 1.17. The normalized spacial score (nSPS) is 13.9. The molecular weight excluding hydrogens is 390 g/mol. The lowest BCUT2D eigenvalue weighted by molar-refractivity contribution is -0.133. The Kier molecular flexibility index (Phi) is 6.47. The smallest absolute Gasteiger partial charge is 0.339 e. The van der Waals surface area contributed by atoms with Gasteiger partial charge < -0.3 is 13.8 Å². The number of amides is 1. The molecule has 0 unspecified atom stereocenters. The minimum absolute atomic E-state index is 0.0445. The first-order valence-corrected chi connectivity index (χ1v) is 11.2. The molecule has 2 aromatic rings. The average Bonchev–Trinajstić information content (AvgIpc) is 3.51. The number of hydrogen-bond donors (Lipinski definition) is 0. The highest BCUT2D eigenvalue weighted by atomic mass is 32.2. The summed E-state index contributed by atoms with van der Waals surface area (Å²) in [6.07, 6.45) is 2.44. The van der Waals surface area contributed by atoms with E-state index in [9.17, 15) is 13.2 Å². The monoisotopic (exact) mass is 417 g/mol. The second-order valence-electron chi connectivity index (χ2n) is 7.67. The molecule has 156 valence electrons. The Labute approximate surface area is 172 Å². The summed E-state index contributed by atoms with van der Waals surface area (Å²) in [6.45, 7) is 4.37. The van der Waals surface area contributed by atoms with Gasteiger partial charge in [-0.1, -0.05) is 32.0 Å². The maximum Gasteiger partial charge on any atom is 0.339 e. The quantitative estimate of drug-likeness (QED) is 0.577. The number of methoxy groups -OCH3 is 1. The summed E-state index contributed by atoms with van der Waals surface area (Å²) in [5, 5.41) is 0. The van der Waals surface area contributed by atoms with Gasteiger partial charge in [0.25, 0.3) is 0 Å². The lowest BCUT2D eigenvalue weighted by atomic mass is 10.1. The molecule has 0 bridgehead atoms. The SMILES string of the molecule is COc1ccc(S(=O)(=O)Oc2ccccc2CN(C(=O)CC(C)C)C2CC2)cc1. The van der Waals surface area contributed by atoms with Gasteiger partial charge in [-0.05, 0) is 49.1 Å². The Morgan fingerprint density at radius 2 is 1.76 bits per heavy atom. The highest BCUT2D eigenvalue weighted by Gasteiger charge is 2.33. The second kappa shape index (κ2) is 8.86. The van der Waals surface area contributed by atoms with Gasteiger partial charge in [-0.25, -0.2) is 0 Å². The van der Waals surface area contributed by atoms with Crippen molar-refractivity contribution in [3.8, 4) is 11.5 Å². The van der Waals surface area contributed by atoms with Gasteiger partial charge in [-0.2, -0.15) is 8.42 Å². The largest absolute Gasteiger partial charge is 0.497 e. The highest BCUT2D eigenvalue weighted by Crippen LogP contribution is 2.32. The van der Waals surface area contributed by atoms with Crippen LogP contribution in [0.5, 0.6) is 11.5 Å². The molecule has 0 heterocycles. The molecule has 1 saturated carbocycles. The summed E-state index contributed by atoms with van der Waals surface area (Å²) < 4.78 is 36.0. The minimum Gasteiger partial charge on any atom is -0.497 e. The molecule has 1 aliphatic rings. The number of nitrogens with zero attached hydrogens (tertiary/aromatic N) is 1. The van der Waals surface area contributed by atoms with Gasteiger partial charge in [0, 0.05) is 24.6 Å². The fourth-order valence-corrected chi connectivity index (χ4v) is 4.05. The third kappa shape index (κ3) is 5.50. The van der Waals surface area contributed by atoms with Crippen molar-refractivity contribution >= 4 is 16.0 Å². The Morgan fingerprint density at radius 3 is 2.34 bits per heavy atom. The molecule has 1 aliphatic carbocycles. The summed E-state index contributed by atoms with van der Waals surface area (Å²) in [6, 6.07) is 13.2. The molecule has 0 aliphatic heterocycles. The molecule has 0 saturated heterocycles. The van der Waals surface area contributed by atoms with Crippen molar-refractivity contribution in [3.05, 3.63) is 54.1 Å². The Balaban J connectivity index is 1.81. The predicted molar refractivity (Wildman–Crippen MR) is 110 cm³/mol. The van der Waals surface area contributed by atoms with Crippen LogP contribution in [0.3, 0.4) is 0 Å². The summed E-state index contributed by atoms with van der Waals surface area (Å²) >= 11 is 0. The van der Waals surface area contributed by atoms with Gasteiger partial charge in [0.1, 0.15) is 16.4 Å². The first kappa shape index (κ1) is 21.2. The third-order valence-electron chi connectivity index (χ3n) is 4.75. The van der Waals surface area contributed by atoms with Gasteiger partial charge in [0.05, 0.1) is 7.11 Å². The predicted octanol–water partition coefficient (Wildman–Crippen LogP) is 4.00. The lowest BCUT2D eigenvalue weighted by Crippen LogP contribution is -2.33. The molecule has 2 aromatic carbocycles. The maximum absolute atomic E-state index is 12.7. The van der Waals surface area contributed by atoms with E-state index in [0.29, 0.717) is 24.3 Å². The van der Waals surface area contributed by atoms with Crippen molar-refractivity contribution in [2.45, 2.75) is 50.6 Å². The van der Waals surface area contributed by atoms with Crippen LogP contribution in [-0.2, 0) is 21.5 Å². The molecular formula is C22H27NO5S. The van der Waals surface area contributed by atoms with E-state index in [4.69, 9.17) is 8.92 Å². The maximum atomic E-state index is 12.7. The van der Waals surface area contributed by atoms with E-state index in [1.165, 1.54) is 19.2 Å². The molecule has 3 rings (SSSR count). The van der Waals surface area contributed by atoms with Crippen LogP contribution < -0.4 is 8.92 Å². The van der Waals surface area contributed by atoms with Crippen molar-refractivity contribution in [3.63, 3.8) is 0 Å². The van der Waals surface area contributed by atoms with Crippen molar-refractivity contribution < 1.29 is 22.1 Å². The molecule has 1 amide bonds. The summed E-state index contributed by atoms with van der Waals surface area (Å²) in [7, 11) is -2.48. The fraction of sp³-hybridized carbons (Fsp3) is 0.409. The molecule has 0 N–H and O–H groups in total. The van der Waals surface area contributed by atoms with E-state index in [-0.39, 0.29) is 28.5 Å². The van der Waals surface area contributed by atoms with E-state index in [2.05, 4.69) is 0 Å². The number of rotatable bonds is 9. The van der Waals surface area contributed by atoms with E-state index in [0.717, 1.165) is 12.8 Å². The Morgan fingerprint density at radius 1 is 1.10 bits per heavy atom. The summed E-state index contributed by atoms with van der Waals surface area (Å²) in [4.78, 5) is 14.6.